The van der Waals surface area contributed by atoms with E-state index in [4.69, 9.17) is 10.5 Å². The second kappa shape index (κ2) is 5.31. The summed E-state index contributed by atoms with van der Waals surface area (Å²) in [5.74, 6) is 0.565. The zero-order chi connectivity index (χ0) is 12.3. The van der Waals surface area contributed by atoms with Gasteiger partial charge in [-0.2, -0.15) is 0 Å². The van der Waals surface area contributed by atoms with E-state index in [9.17, 15) is 0 Å². The van der Waals surface area contributed by atoms with E-state index in [0.717, 1.165) is 13.0 Å². The number of nitrogens with two attached hydrogens (primary N) is 1. The quantitative estimate of drug-likeness (QED) is 0.764. The van der Waals surface area contributed by atoms with E-state index in [0.29, 0.717) is 5.92 Å². The first-order valence-corrected chi connectivity index (χ1v) is 5.93. The van der Waals surface area contributed by atoms with Gasteiger partial charge in [-0.05, 0) is 31.6 Å². The summed E-state index contributed by atoms with van der Waals surface area (Å²) in [7, 11) is 0. The SMILES string of the molecule is CC(C)COC(CC(C)(C)C)C(C)(C)N. The van der Waals surface area contributed by atoms with Gasteiger partial charge in [0.25, 0.3) is 0 Å². The second-order valence-electron chi connectivity index (χ2n) is 6.80. The molecule has 0 aliphatic heterocycles. The van der Waals surface area contributed by atoms with Crippen molar-refractivity contribution in [1.82, 2.24) is 0 Å². The highest BCUT2D eigenvalue weighted by molar-refractivity contribution is 4.86. The molecular weight excluding hydrogens is 186 g/mol. The van der Waals surface area contributed by atoms with E-state index in [-0.39, 0.29) is 17.1 Å². The summed E-state index contributed by atoms with van der Waals surface area (Å²) in [6, 6.07) is 0. The number of rotatable bonds is 5. The second-order valence-corrected chi connectivity index (χ2v) is 6.80. The van der Waals surface area contributed by atoms with Crippen LogP contribution in [-0.4, -0.2) is 18.2 Å². The van der Waals surface area contributed by atoms with Gasteiger partial charge in [0.05, 0.1) is 6.10 Å². The molecule has 1 unspecified atom stereocenters. The van der Waals surface area contributed by atoms with Gasteiger partial charge in [0.15, 0.2) is 0 Å². The highest BCUT2D eigenvalue weighted by atomic mass is 16.5. The lowest BCUT2D eigenvalue weighted by Gasteiger charge is -2.35. The van der Waals surface area contributed by atoms with Crippen LogP contribution < -0.4 is 5.73 Å². The zero-order valence-electron chi connectivity index (χ0n) is 11.6. The van der Waals surface area contributed by atoms with Crippen molar-refractivity contribution in [3.63, 3.8) is 0 Å². The van der Waals surface area contributed by atoms with Gasteiger partial charge in [-0.25, -0.2) is 0 Å². The highest BCUT2D eigenvalue weighted by Gasteiger charge is 2.30. The number of hydrogen-bond donors (Lipinski definition) is 1. The normalized spacial score (nSPS) is 15.8. The van der Waals surface area contributed by atoms with Gasteiger partial charge >= 0.3 is 0 Å². The summed E-state index contributed by atoms with van der Waals surface area (Å²) in [4.78, 5) is 0. The molecule has 2 nitrogen and oxygen atoms in total. The van der Waals surface area contributed by atoms with Crippen LogP contribution in [0.25, 0.3) is 0 Å². The molecule has 0 amide bonds. The summed E-state index contributed by atoms with van der Waals surface area (Å²) < 4.78 is 5.92. The first-order valence-electron chi connectivity index (χ1n) is 5.93. The summed E-state index contributed by atoms with van der Waals surface area (Å²) >= 11 is 0. The fraction of sp³-hybridized carbons (Fsp3) is 1.00. The Morgan fingerprint density at radius 3 is 1.80 bits per heavy atom. The predicted octanol–water partition coefficient (Wildman–Crippen LogP) is 3.20. The molecule has 0 spiro atoms. The molecule has 2 N–H and O–H groups in total. The first kappa shape index (κ1) is 14.9. The molecule has 0 saturated heterocycles. The molecule has 0 bridgehead atoms. The standard InChI is InChI=1S/C13H29NO/c1-10(2)9-15-11(13(6,7)14)8-12(3,4)5/h10-11H,8-9,14H2,1-7H3. The van der Waals surface area contributed by atoms with Crippen molar-refractivity contribution in [2.75, 3.05) is 6.61 Å². The number of ether oxygens (including phenoxy) is 1. The topological polar surface area (TPSA) is 35.2 Å². The van der Waals surface area contributed by atoms with E-state index in [1.807, 2.05) is 13.8 Å². The molecule has 0 aliphatic rings. The van der Waals surface area contributed by atoms with Gasteiger partial charge in [0.1, 0.15) is 0 Å². The summed E-state index contributed by atoms with van der Waals surface area (Å²) in [6.07, 6.45) is 1.14. The molecule has 0 aliphatic carbocycles. The average molecular weight is 215 g/mol. The Morgan fingerprint density at radius 2 is 1.53 bits per heavy atom. The maximum absolute atomic E-state index is 6.15. The fourth-order valence-corrected chi connectivity index (χ4v) is 1.40. The summed E-state index contributed by atoms with van der Waals surface area (Å²) in [5, 5.41) is 0. The third kappa shape index (κ3) is 7.80. The maximum Gasteiger partial charge on any atom is 0.0754 e. The van der Waals surface area contributed by atoms with E-state index >= 15 is 0 Å². The van der Waals surface area contributed by atoms with Gasteiger partial charge in [0, 0.05) is 12.1 Å². The molecular formula is C13H29NO. The van der Waals surface area contributed by atoms with Crippen LogP contribution in [0, 0.1) is 11.3 Å². The molecule has 0 saturated carbocycles. The Balaban J connectivity index is 4.34. The lowest BCUT2D eigenvalue weighted by atomic mass is 9.82. The van der Waals surface area contributed by atoms with Crippen molar-refractivity contribution >= 4 is 0 Å². The van der Waals surface area contributed by atoms with Crippen LogP contribution in [0.1, 0.15) is 54.9 Å². The van der Waals surface area contributed by atoms with Crippen LogP contribution in [0.3, 0.4) is 0 Å². The van der Waals surface area contributed by atoms with E-state index in [1.165, 1.54) is 0 Å². The van der Waals surface area contributed by atoms with Crippen LogP contribution in [0.5, 0.6) is 0 Å². The molecule has 0 rings (SSSR count). The van der Waals surface area contributed by atoms with Crippen molar-refractivity contribution in [2.24, 2.45) is 17.1 Å². The minimum Gasteiger partial charge on any atom is -0.376 e. The van der Waals surface area contributed by atoms with Gasteiger partial charge in [-0.1, -0.05) is 34.6 Å². The van der Waals surface area contributed by atoms with Gasteiger partial charge in [0.2, 0.25) is 0 Å². The van der Waals surface area contributed by atoms with Crippen LogP contribution >= 0.6 is 0 Å². The van der Waals surface area contributed by atoms with E-state index in [2.05, 4.69) is 34.6 Å². The van der Waals surface area contributed by atoms with Gasteiger partial charge in [-0.3, -0.25) is 0 Å². The lowest BCUT2D eigenvalue weighted by molar-refractivity contribution is -0.0257. The van der Waals surface area contributed by atoms with Gasteiger partial charge < -0.3 is 10.5 Å². The zero-order valence-corrected chi connectivity index (χ0v) is 11.6. The molecule has 0 aromatic carbocycles. The Morgan fingerprint density at radius 1 is 1.07 bits per heavy atom. The molecule has 1 atom stereocenters. The fourth-order valence-electron chi connectivity index (χ4n) is 1.40. The third-order valence-electron chi connectivity index (χ3n) is 2.26. The highest BCUT2D eigenvalue weighted by Crippen LogP contribution is 2.27. The Labute approximate surface area is 95.6 Å². The average Bonchev–Trinajstić information content (AvgIpc) is 1.93. The molecule has 0 aromatic heterocycles. The van der Waals surface area contributed by atoms with Crippen molar-refractivity contribution in [1.29, 1.82) is 0 Å². The van der Waals surface area contributed by atoms with Gasteiger partial charge in [-0.15, -0.1) is 0 Å². The number of hydrogen-bond acceptors (Lipinski definition) is 2. The molecule has 2 heteroatoms. The maximum atomic E-state index is 6.15. The van der Waals surface area contributed by atoms with Crippen LogP contribution in [0.4, 0.5) is 0 Å². The van der Waals surface area contributed by atoms with Crippen molar-refractivity contribution < 1.29 is 4.74 Å². The van der Waals surface area contributed by atoms with Crippen molar-refractivity contribution in [2.45, 2.75) is 66.5 Å². The molecule has 0 fully saturated rings. The van der Waals surface area contributed by atoms with Crippen LogP contribution in [0.2, 0.25) is 0 Å². The smallest absolute Gasteiger partial charge is 0.0754 e. The first-order chi connectivity index (χ1) is 6.52. The largest absolute Gasteiger partial charge is 0.376 e. The monoisotopic (exact) mass is 215 g/mol. The van der Waals surface area contributed by atoms with Crippen molar-refractivity contribution in [3.8, 4) is 0 Å². The molecule has 92 valence electrons. The minimum absolute atomic E-state index is 0.139. The van der Waals surface area contributed by atoms with Crippen LogP contribution in [-0.2, 0) is 4.74 Å². The minimum atomic E-state index is -0.262. The molecule has 0 radical (unpaired) electrons. The van der Waals surface area contributed by atoms with Crippen LogP contribution in [0.15, 0.2) is 0 Å². The van der Waals surface area contributed by atoms with Crippen molar-refractivity contribution in [3.05, 3.63) is 0 Å². The Kier molecular flexibility index (Phi) is 5.28. The Hall–Kier alpha value is -0.0800. The summed E-state index contributed by atoms with van der Waals surface area (Å²) in [6.45, 7) is 15.9. The molecule has 15 heavy (non-hydrogen) atoms. The summed E-state index contributed by atoms with van der Waals surface area (Å²) in [5.41, 5.74) is 6.15. The third-order valence-corrected chi connectivity index (χ3v) is 2.26. The molecule has 0 heterocycles. The van der Waals surface area contributed by atoms with E-state index < -0.39 is 0 Å². The molecule has 0 aromatic rings. The predicted molar refractivity (Wildman–Crippen MR) is 66.9 cm³/mol. The Bertz CT molecular complexity index is 174. The lowest BCUT2D eigenvalue weighted by Crippen LogP contribution is -2.48. The van der Waals surface area contributed by atoms with E-state index in [1.54, 1.807) is 0 Å².